The zero-order chi connectivity index (χ0) is 14.7. The lowest BCUT2D eigenvalue weighted by Crippen LogP contribution is -2.09. The summed E-state index contributed by atoms with van der Waals surface area (Å²) in [5.41, 5.74) is 1.62. The average Bonchev–Trinajstić information content (AvgIpc) is 2.38. The predicted octanol–water partition coefficient (Wildman–Crippen LogP) is 6.35. The number of nitrogens with one attached hydrogen (secondary N) is 1. The number of hydrogen-bond donors (Lipinski definition) is 1. The molecule has 0 heterocycles. The first-order chi connectivity index (χ1) is 9.49. The van der Waals surface area contributed by atoms with Gasteiger partial charge >= 0.3 is 0 Å². The van der Waals surface area contributed by atoms with Crippen molar-refractivity contribution in [2.45, 2.75) is 19.4 Å². The molecule has 1 N–H and O–H groups in total. The first-order valence-corrected chi connectivity index (χ1v) is 7.30. The summed E-state index contributed by atoms with van der Waals surface area (Å²) < 4.78 is 13.3. The molecule has 1 nitrogen and oxygen atoms in total. The Hall–Kier alpha value is -0.960. The number of anilines is 1. The topological polar surface area (TPSA) is 12.0 Å². The van der Waals surface area contributed by atoms with Gasteiger partial charge in [-0.3, -0.25) is 0 Å². The molecule has 0 radical (unpaired) electrons. The standard InChI is InChI=1S/C15H13Cl3FN/c1-2-15(9-3-4-13(17)14(18)5-9)20-12-7-10(16)6-11(19)8-12/h3-8,15,20H,2H2,1H3. The third kappa shape index (κ3) is 3.78. The van der Waals surface area contributed by atoms with Crippen LogP contribution in [0.3, 0.4) is 0 Å². The van der Waals surface area contributed by atoms with E-state index in [1.807, 2.05) is 19.1 Å². The number of halogens is 4. The van der Waals surface area contributed by atoms with Crippen LogP contribution in [0, 0.1) is 5.82 Å². The summed E-state index contributed by atoms with van der Waals surface area (Å²) in [7, 11) is 0. The van der Waals surface area contributed by atoms with Gasteiger partial charge in [0.05, 0.1) is 16.1 Å². The Bertz CT molecular complexity index is 596. The second-order valence-corrected chi connectivity index (χ2v) is 5.69. The van der Waals surface area contributed by atoms with E-state index in [0.717, 1.165) is 12.0 Å². The number of rotatable bonds is 4. The fourth-order valence-electron chi connectivity index (χ4n) is 1.99. The second kappa shape index (κ2) is 6.66. The molecule has 0 aliphatic carbocycles. The smallest absolute Gasteiger partial charge is 0.126 e. The molecule has 0 aliphatic rings. The van der Waals surface area contributed by atoms with Crippen molar-refractivity contribution in [2.75, 3.05) is 5.32 Å². The van der Waals surface area contributed by atoms with Gasteiger partial charge in [0.25, 0.3) is 0 Å². The van der Waals surface area contributed by atoms with Crippen molar-refractivity contribution in [1.82, 2.24) is 0 Å². The van der Waals surface area contributed by atoms with Crippen molar-refractivity contribution in [3.05, 3.63) is 62.8 Å². The Morgan fingerprint density at radius 3 is 2.40 bits per heavy atom. The van der Waals surface area contributed by atoms with Gasteiger partial charge in [-0.2, -0.15) is 0 Å². The van der Waals surface area contributed by atoms with Crippen molar-refractivity contribution in [3.63, 3.8) is 0 Å². The van der Waals surface area contributed by atoms with E-state index in [2.05, 4.69) is 5.32 Å². The van der Waals surface area contributed by atoms with Crippen LogP contribution in [0.4, 0.5) is 10.1 Å². The molecule has 0 aromatic heterocycles. The highest BCUT2D eigenvalue weighted by Crippen LogP contribution is 2.30. The summed E-state index contributed by atoms with van der Waals surface area (Å²) in [5, 5.41) is 4.62. The van der Waals surface area contributed by atoms with Gasteiger partial charge in [0.2, 0.25) is 0 Å². The molecule has 0 saturated heterocycles. The minimum absolute atomic E-state index is 0.00244. The lowest BCUT2D eigenvalue weighted by Gasteiger charge is -2.19. The summed E-state index contributed by atoms with van der Waals surface area (Å²) in [6.45, 7) is 2.03. The van der Waals surface area contributed by atoms with Crippen LogP contribution in [0.1, 0.15) is 24.9 Å². The molecule has 0 spiro atoms. The molecule has 0 aliphatic heterocycles. The van der Waals surface area contributed by atoms with Crippen LogP contribution in [0.15, 0.2) is 36.4 Å². The fourth-order valence-corrected chi connectivity index (χ4v) is 2.52. The van der Waals surface area contributed by atoms with Crippen LogP contribution in [0.25, 0.3) is 0 Å². The number of benzene rings is 2. The molecule has 20 heavy (non-hydrogen) atoms. The summed E-state index contributed by atoms with van der Waals surface area (Å²) >= 11 is 17.8. The highest BCUT2D eigenvalue weighted by molar-refractivity contribution is 6.42. The Morgan fingerprint density at radius 2 is 1.80 bits per heavy atom. The maximum Gasteiger partial charge on any atom is 0.126 e. The van der Waals surface area contributed by atoms with E-state index in [-0.39, 0.29) is 11.9 Å². The number of hydrogen-bond acceptors (Lipinski definition) is 1. The molecule has 2 rings (SSSR count). The van der Waals surface area contributed by atoms with Gasteiger partial charge < -0.3 is 5.32 Å². The Labute approximate surface area is 132 Å². The van der Waals surface area contributed by atoms with Crippen molar-refractivity contribution in [3.8, 4) is 0 Å². The van der Waals surface area contributed by atoms with Gasteiger partial charge in [-0.05, 0) is 42.3 Å². The summed E-state index contributed by atoms with van der Waals surface area (Å²) in [4.78, 5) is 0. The summed E-state index contributed by atoms with van der Waals surface area (Å²) in [6.07, 6.45) is 0.812. The van der Waals surface area contributed by atoms with Crippen molar-refractivity contribution < 1.29 is 4.39 Å². The Morgan fingerprint density at radius 1 is 1.05 bits per heavy atom. The summed E-state index contributed by atoms with van der Waals surface area (Å²) in [6, 6.07) is 9.83. The van der Waals surface area contributed by atoms with Gasteiger partial charge in [-0.1, -0.05) is 47.8 Å². The molecular formula is C15H13Cl3FN. The molecule has 0 saturated carbocycles. The molecule has 1 unspecified atom stereocenters. The molecule has 5 heteroatoms. The van der Waals surface area contributed by atoms with E-state index in [4.69, 9.17) is 34.8 Å². The molecule has 2 aromatic carbocycles. The van der Waals surface area contributed by atoms with Crippen molar-refractivity contribution in [2.24, 2.45) is 0 Å². The molecule has 106 valence electrons. The zero-order valence-corrected chi connectivity index (χ0v) is 13.0. The zero-order valence-electron chi connectivity index (χ0n) is 10.8. The molecular weight excluding hydrogens is 320 g/mol. The van der Waals surface area contributed by atoms with Gasteiger partial charge in [-0.25, -0.2) is 4.39 Å². The van der Waals surface area contributed by atoms with E-state index in [1.165, 1.54) is 12.1 Å². The van der Waals surface area contributed by atoms with Crippen LogP contribution in [0.5, 0.6) is 0 Å². The molecule has 1 atom stereocenters. The van der Waals surface area contributed by atoms with E-state index in [0.29, 0.717) is 20.8 Å². The lowest BCUT2D eigenvalue weighted by atomic mass is 10.0. The predicted molar refractivity (Wildman–Crippen MR) is 84.5 cm³/mol. The van der Waals surface area contributed by atoms with Crippen LogP contribution in [-0.4, -0.2) is 0 Å². The van der Waals surface area contributed by atoms with Crippen LogP contribution < -0.4 is 5.32 Å². The van der Waals surface area contributed by atoms with Crippen LogP contribution in [-0.2, 0) is 0 Å². The fraction of sp³-hybridized carbons (Fsp3) is 0.200. The van der Waals surface area contributed by atoms with E-state index < -0.39 is 0 Å². The lowest BCUT2D eigenvalue weighted by molar-refractivity contribution is 0.627. The molecule has 0 bridgehead atoms. The highest BCUT2D eigenvalue weighted by Gasteiger charge is 2.11. The average molecular weight is 333 g/mol. The van der Waals surface area contributed by atoms with Crippen molar-refractivity contribution >= 4 is 40.5 Å². The van der Waals surface area contributed by atoms with Gasteiger partial charge in [0.15, 0.2) is 0 Å². The first kappa shape index (κ1) is 15.4. The minimum atomic E-state index is -0.371. The van der Waals surface area contributed by atoms with Crippen LogP contribution >= 0.6 is 34.8 Å². The van der Waals surface area contributed by atoms with Crippen molar-refractivity contribution in [1.29, 1.82) is 0 Å². The maximum absolute atomic E-state index is 13.3. The van der Waals surface area contributed by atoms with Crippen LogP contribution in [0.2, 0.25) is 15.1 Å². The highest BCUT2D eigenvalue weighted by atomic mass is 35.5. The van der Waals surface area contributed by atoms with Gasteiger partial charge in [0, 0.05) is 10.7 Å². The minimum Gasteiger partial charge on any atom is -0.378 e. The Kier molecular flexibility index (Phi) is 5.14. The van der Waals surface area contributed by atoms with E-state index >= 15 is 0 Å². The third-order valence-corrected chi connectivity index (χ3v) is 3.91. The molecule has 0 fully saturated rings. The van der Waals surface area contributed by atoms with Gasteiger partial charge in [0.1, 0.15) is 5.82 Å². The Balaban J connectivity index is 2.26. The summed E-state index contributed by atoms with van der Waals surface area (Å²) in [5.74, 6) is -0.371. The first-order valence-electron chi connectivity index (χ1n) is 6.17. The molecule has 2 aromatic rings. The van der Waals surface area contributed by atoms with E-state index in [1.54, 1.807) is 12.1 Å². The maximum atomic E-state index is 13.3. The van der Waals surface area contributed by atoms with Gasteiger partial charge in [-0.15, -0.1) is 0 Å². The molecule has 0 amide bonds. The SMILES string of the molecule is CCC(Nc1cc(F)cc(Cl)c1)c1ccc(Cl)c(Cl)c1. The second-order valence-electron chi connectivity index (χ2n) is 4.44. The normalized spacial score (nSPS) is 12.2. The monoisotopic (exact) mass is 331 g/mol. The van der Waals surface area contributed by atoms with E-state index in [9.17, 15) is 4.39 Å². The third-order valence-electron chi connectivity index (χ3n) is 2.96. The quantitative estimate of drug-likeness (QED) is 0.688. The largest absolute Gasteiger partial charge is 0.378 e.